The molecule has 2 aliphatic rings. The Morgan fingerprint density at radius 1 is 0.604 bits per heavy atom. The molecule has 0 aliphatic heterocycles. The van der Waals surface area contributed by atoms with E-state index in [4.69, 9.17) is 11.6 Å². The number of hydrogen-bond donors (Lipinski definition) is 0. The first-order chi connectivity index (χ1) is 22.9. The van der Waals surface area contributed by atoms with Crippen molar-refractivity contribution in [3.63, 3.8) is 0 Å². The van der Waals surface area contributed by atoms with Crippen molar-refractivity contribution in [2.24, 2.45) is 11.8 Å². The summed E-state index contributed by atoms with van der Waals surface area (Å²) >= 11 is 6.27. The van der Waals surface area contributed by atoms with Gasteiger partial charge in [-0.25, -0.2) is 16.8 Å². The van der Waals surface area contributed by atoms with Gasteiger partial charge in [0.15, 0.2) is 19.7 Å². The summed E-state index contributed by atoms with van der Waals surface area (Å²) in [7, 11) is -7.88. The van der Waals surface area contributed by atoms with Crippen LogP contribution in [0.25, 0.3) is 10.8 Å². The highest BCUT2D eigenvalue weighted by atomic mass is 35.5. The van der Waals surface area contributed by atoms with Gasteiger partial charge in [-0.3, -0.25) is 4.79 Å². The molecule has 0 aromatic heterocycles. The maximum absolute atomic E-state index is 15.0. The van der Waals surface area contributed by atoms with Crippen LogP contribution in [0.3, 0.4) is 0 Å². The first kappa shape index (κ1) is 32.8. The van der Waals surface area contributed by atoms with Crippen LogP contribution in [0.4, 0.5) is 0 Å². The van der Waals surface area contributed by atoms with Crippen molar-refractivity contribution in [2.75, 3.05) is 0 Å². The smallest absolute Gasteiger partial charge is 0.182 e. The van der Waals surface area contributed by atoms with E-state index in [9.17, 15) is 21.6 Å². The van der Waals surface area contributed by atoms with Gasteiger partial charge in [0.05, 0.1) is 20.3 Å². The minimum atomic E-state index is -3.98. The van der Waals surface area contributed by atoms with Crippen molar-refractivity contribution in [3.8, 4) is 0 Å². The highest BCUT2D eigenvalue weighted by Gasteiger charge is 2.56. The average molecular weight is 697 g/mol. The van der Waals surface area contributed by atoms with E-state index in [2.05, 4.69) is 0 Å². The van der Waals surface area contributed by atoms with Crippen molar-refractivity contribution >= 4 is 47.8 Å². The Balaban J connectivity index is 1.41. The molecule has 48 heavy (non-hydrogen) atoms. The van der Waals surface area contributed by atoms with E-state index < -0.39 is 53.8 Å². The Hall–Kier alpha value is -3.78. The number of carbonyl (C=O) groups is 1. The second-order valence-electron chi connectivity index (χ2n) is 13.5. The molecule has 0 N–H and O–H groups in total. The zero-order chi connectivity index (χ0) is 33.8. The molecule has 2 saturated carbocycles. The highest BCUT2D eigenvalue weighted by Crippen LogP contribution is 2.54. The maximum atomic E-state index is 15.0. The van der Waals surface area contributed by atoms with Crippen LogP contribution in [-0.2, 0) is 24.5 Å². The highest BCUT2D eigenvalue weighted by molar-refractivity contribution is 7.92. The Morgan fingerprint density at radius 2 is 1.19 bits per heavy atom. The molecule has 8 heteroatoms. The lowest BCUT2D eigenvalue weighted by Crippen LogP contribution is -2.53. The number of Topliss-reactive ketones (excluding diaryl/α,β-unsaturated/α-hetero) is 1. The molecular formula is C40H37ClO5S2. The number of fused-ring (bicyclic) bond motifs is 2. The van der Waals surface area contributed by atoms with Crippen LogP contribution in [0.1, 0.15) is 53.4 Å². The molecule has 5 aromatic carbocycles. The van der Waals surface area contributed by atoms with Crippen molar-refractivity contribution in [2.45, 2.75) is 65.2 Å². The molecule has 2 aliphatic carbocycles. The molecule has 0 saturated heterocycles. The molecule has 0 amide bonds. The van der Waals surface area contributed by atoms with Crippen molar-refractivity contribution in [1.29, 1.82) is 0 Å². The number of carbonyl (C=O) groups excluding carboxylic acids is 1. The molecule has 2 fully saturated rings. The van der Waals surface area contributed by atoms with E-state index in [0.717, 1.165) is 33.0 Å². The van der Waals surface area contributed by atoms with Crippen LogP contribution in [-0.4, -0.2) is 33.1 Å². The van der Waals surface area contributed by atoms with Gasteiger partial charge >= 0.3 is 0 Å². The molecule has 5 aromatic rings. The summed E-state index contributed by atoms with van der Waals surface area (Å²) in [6, 6.07) is 34.6. The summed E-state index contributed by atoms with van der Waals surface area (Å²) in [5.41, 5.74) is 3.49. The number of benzene rings is 5. The molecule has 5 nitrogen and oxygen atoms in total. The average Bonchev–Trinajstić information content (AvgIpc) is 3.08. The number of rotatable bonds is 6. The van der Waals surface area contributed by atoms with Gasteiger partial charge in [0.2, 0.25) is 0 Å². The number of ketones is 1. The van der Waals surface area contributed by atoms with Gasteiger partial charge in [0.25, 0.3) is 0 Å². The van der Waals surface area contributed by atoms with Gasteiger partial charge in [0, 0.05) is 29.2 Å². The first-order valence-corrected chi connectivity index (χ1v) is 19.8. The molecule has 246 valence electrons. The summed E-state index contributed by atoms with van der Waals surface area (Å²) in [6.07, 6.45) is 0.299. The van der Waals surface area contributed by atoms with Crippen molar-refractivity contribution in [3.05, 3.63) is 143 Å². The Morgan fingerprint density at radius 3 is 1.83 bits per heavy atom. The van der Waals surface area contributed by atoms with E-state index in [1.54, 1.807) is 60.7 Å². The molecule has 0 bridgehead atoms. The predicted molar refractivity (Wildman–Crippen MR) is 191 cm³/mol. The Labute approximate surface area is 287 Å². The Bertz CT molecular complexity index is 2210. The summed E-state index contributed by atoms with van der Waals surface area (Å²) in [5.74, 6) is -2.56. The molecule has 0 heterocycles. The molecular weight excluding hydrogens is 660 g/mol. The monoisotopic (exact) mass is 696 g/mol. The van der Waals surface area contributed by atoms with Crippen LogP contribution in [0.5, 0.6) is 0 Å². The normalized spacial score (nSPS) is 24.7. The van der Waals surface area contributed by atoms with Crippen LogP contribution in [0.2, 0.25) is 5.02 Å². The van der Waals surface area contributed by atoms with Crippen molar-refractivity contribution < 1.29 is 21.6 Å². The van der Waals surface area contributed by atoms with E-state index in [0.29, 0.717) is 5.02 Å². The number of sulfone groups is 2. The van der Waals surface area contributed by atoms with Crippen LogP contribution in [0, 0.1) is 25.7 Å². The van der Waals surface area contributed by atoms with E-state index in [-0.39, 0.29) is 34.8 Å². The summed E-state index contributed by atoms with van der Waals surface area (Å²) < 4.78 is 58.8. The summed E-state index contributed by atoms with van der Waals surface area (Å²) in [4.78, 5) is 14.8. The zero-order valence-electron chi connectivity index (χ0n) is 26.8. The van der Waals surface area contributed by atoms with Crippen LogP contribution >= 0.6 is 11.6 Å². The SMILES string of the molecule is Cc1ccc(S(=O)(=O)C2C[C@H]3C(=O)C[C@@H](c4cccc5ccccc45)C(S(=O)(=O)c4ccc(C)cc4)[C@H]3C[C@H]2c2ccc(Cl)cc2)cc1. The lowest BCUT2D eigenvalue weighted by atomic mass is 9.61. The minimum Gasteiger partial charge on any atom is -0.299 e. The quantitative estimate of drug-likeness (QED) is 0.177. The lowest BCUT2D eigenvalue weighted by Gasteiger charge is -2.48. The topological polar surface area (TPSA) is 85.3 Å². The minimum absolute atomic E-state index is 0.0217. The number of halogens is 1. The third kappa shape index (κ3) is 5.80. The van der Waals surface area contributed by atoms with Crippen LogP contribution in [0.15, 0.2) is 125 Å². The van der Waals surface area contributed by atoms with Crippen molar-refractivity contribution in [1.82, 2.24) is 0 Å². The molecule has 7 rings (SSSR count). The largest absolute Gasteiger partial charge is 0.299 e. The maximum Gasteiger partial charge on any atom is 0.182 e. The summed E-state index contributed by atoms with van der Waals surface area (Å²) in [6.45, 7) is 3.82. The lowest BCUT2D eigenvalue weighted by molar-refractivity contribution is -0.128. The van der Waals surface area contributed by atoms with E-state index >= 15 is 0 Å². The molecule has 0 radical (unpaired) electrons. The van der Waals surface area contributed by atoms with Gasteiger partial charge in [-0.1, -0.05) is 102 Å². The number of aryl methyl sites for hydroxylation is 2. The fraction of sp³-hybridized carbons (Fsp3) is 0.275. The Kier molecular flexibility index (Phi) is 8.59. The predicted octanol–water partition coefficient (Wildman–Crippen LogP) is 8.66. The second kappa shape index (κ2) is 12.6. The van der Waals surface area contributed by atoms with Gasteiger partial charge in [-0.2, -0.15) is 0 Å². The van der Waals surface area contributed by atoms with E-state index in [1.807, 2.05) is 68.4 Å². The standard InChI is InChI=1S/C40H37ClO5S2/c1-25-10-18-30(19-11-25)47(43,44)39-24-35-36(22-34(39)28-14-16-29(41)17-15-28)40(48(45,46)31-20-12-26(2)13-21-31)37(23-38(35)42)33-9-5-7-27-6-3-4-8-32(27)33/h3-21,34-37,39-40H,22-24H2,1-2H3/t34-,35+,36-,37-,39?,40?/m0/s1. The van der Waals surface area contributed by atoms with E-state index in [1.165, 1.54) is 0 Å². The third-order valence-corrected chi connectivity index (χ3v) is 15.4. The fourth-order valence-electron chi connectivity index (χ4n) is 8.21. The second-order valence-corrected chi connectivity index (χ2v) is 18.2. The van der Waals surface area contributed by atoms with Gasteiger partial charge in [-0.05, 0) is 90.9 Å². The van der Waals surface area contributed by atoms with Gasteiger partial charge in [0.1, 0.15) is 5.78 Å². The number of hydrogen-bond acceptors (Lipinski definition) is 5. The fourth-order valence-corrected chi connectivity index (χ4v) is 12.6. The van der Waals surface area contributed by atoms with Gasteiger partial charge < -0.3 is 0 Å². The van der Waals surface area contributed by atoms with Gasteiger partial charge in [-0.15, -0.1) is 0 Å². The third-order valence-electron chi connectivity index (χ3n) is 10.6. The first-order valence-electron chi connectivity index (χ1n) is 16.3. The summed E-state index contributed by atoms with van der Waals surface area (Å²) in [5, 5.41) is 0.567. The molecule has 6 atom stereocenters. The molecule has 2 unspecified atom stereocenters. The molecule has 0 spiro atoms. The van der Waals surface area contributed by atoms with Crippen LogP contribution < -0.4 is 0 Å². The zero-order valence-corrected chi connectivity index (χ0v) is 29.2.